The SMILES string of the molecule is CC1(C)c2ccccc2-c2ccc(-c3c4ccc(N(c5ccccc5)c5ccc6ccccc6c5)cc4c(-c4ccc5ccccc5c4)c4ccc(N(c5ccccc5)c5ccc6ccccc6c5)cc34)c3cccc1c23. The van der Waals surface area contributed by atoms with Crippen LogP contribution in [0, 0.1) is 0 Å². The minimum atomic E-state index is -0.201. The molecule has 0 atom stereocenters. The summed E-state index contributed by atoms with van der Waals surface area (Å²) in [6.45, 7) is 4.79. The van der Waals surface area contributed by atoms with E-state index < -0.39 is 0 Å². The minimum Gasteiger partial charge on any atom is -0.310 e. The first kappa shape index (κ1) is 44.7. The average Bonchev–Trinajstić information content (AvgIpc) is 3.68. The Hall–Kier alpha value is -9.76. The first-order valence-electron chi connectivity index (χ1n) is 26.8. The lowest BCUT2D eigenvalue weighted by molar-refractivity contribution is 0.645. The van der Waals surface area contributed by atoms with Gasteiger partial charge in [0.2, 0.25) is 0 Å². The number of benzene rings is 14. The van der Waals surface area contributed by atoms with Gasteiger partial charge in [0.25, 0.3) is 0 Å². The lowest BCUT2D eigenvalue weighted by Crippen LogP contribution is -2.23. The zero-order valence-corrected chi connectivity index (χ0v) is 43.0. The number of fused-ring (bicyclic) bond motifs is 7. The highest BCUT2D eigenvalue weighted by atomic mass is 15.1. The molecule has 0 heterocycles. The van der Waals surface area contributed by atoms with Gasteiger partial charge in [-0.15, -0.1) is 0 Å². The molecule has 14 aromatic rings. The highest BCUT2D eigenvalue weighted by Crippen LogP contribution is 2.54. The van der Waals surface area contributed by atoms with Crippen LogP contribution in [0.5, 0.6) is 0 Å². The summed E-state index contributed by atoms with van der Waals surface area (Å²) < 4.78 is 0. The first-order chi connectivity index (χ1) is 37.9. The van der Waals surface area contributed by atoms with E-state index in [0.29, 0.717) is 0 Å². The molecule has 77 heavy (non-hydrogen) atoms. The fourth-order valence-electron chi connectivity index (χ4n) is 12.9. The molecule has 2 heteroatoms. The molecule has 0 fully saturated rings. The lowest BCUT2D eigenvalue weighted by Gasteiger charge is -2.35. The second kappa shape index (κ2) is 17.7. The largest absolute Gasteiger partial charge is 0.310 e. The fraction of sp³-hybridized carbons (Fsp3) is 0.0400. The maximum absolute atomic E-state index is 2.48. The van der Waals surface area contributed by atoms with Crippen molar-refractivity contribution < 1.29 is 0 Å². The van der Waals surface area contributed by atoms with Crippen molar-refractivity contribution in [2.45, 2.75) is 19.3 Å². The standard InChI is InChI=1S/C75H52N2/c1-75(2)70-30-16-15-28-62(70)64-42-43-65(63-29-17-31-71(75)74(63)64)73-67-41-39-60(76(56-24-5-3-6-25-56)58-36-34-50-19-10-13-22-53(50)45-58)47-68(67)72(55-33-32-49-18-9-12-21-52(49)44-55)66-40-38-61(48-69(66)73)77(57-26-7-4-8-27-57)59-37-35-51-20-11-14-23-54(51)46-59/h3-48H,1-2H3. The van der Waals surface area contributed by atoms with Crippen molar-refractivity contribution in [2.75, 3.05) is 9.80 Å². The summed E-state index contributed by atoms with van der Waals surface area (Å²) in [5.41, 5.74) is 16.5. The van der Waals surface area contributed by atoms with Gasteiger partial charge < -0.3 is 9.80 Å². The van der Waals surface area contributed by atoms with Gasteiger partial charge in [-0.1, -0.05) is 214 Å². The molecule has 1 aliphatic carbocycles. The van der Waals surface area contributed by atoms with E-state index in [1.54, 1.807) is 0 Å². The molecule has 15 rings (SSSR count). The summed E-state index contributed by atoms with van der Waals surface area (Å²) in [5, 5.41) is 14.6. The number of rotatable bonds is 8. The summed E-state index contributed by atoms with van der Waals surface area (Å²) in [7, 11) is 0. The first-order valence-corrected chi connectivity index (χ1v) is 26.8. The summed E-state index contributed by atoms with van der Waals surface area (Å²) >= 11 is 0. The number of anilines is 6. The Labute approximate surface area is 449 Å². The van der Waals surface area contributed by atoms with Crippen molar-refractivity contribution in [3.8, 4) is 33.4 Å². The topological polar surface area (TPSA) is 6.48 Å². The van der Waals surface area contributed by atoms with E-state index in [-0.39, 0.29) is 5.41 Å². The van der Waals surface area contributed by atoms with Crippen LogP contribution in [-0.2, 0) is 5.41 Å². The quantitative estimate of drug-likeness (QED) is 0.140. The highest BCUT2D eigenvalue weighted by Gasteiger charge is 2.34. The molecule has 14 aromatic carbocycles. The molecule has 362 valence electrons. The number of hydrogen-bond acceptors (Lipinski definition) is 2. The minimum absolute atomic E-state index is 0.201. The van der Waals surface area contributed by atoms with Crippen LogP contribution in [0.4, 0.5) is 34.1 Å². The Balaban J connectivity index is 1.08. The zero-order chi connectivity index (χ0) is 51.2. The van der Waals surface area contributed by atoms with E-state index in [0.717, 1.165) is 34.1 Å². The average molecular weight is 981 g/mol. The van der Waals surface area contributed by atoms with Gasteiger partial charge in [0.05, 0.1) is 0 Å². The van der Waals surface area contributed by atoms with Crippen LogP contribution in [-0.4, -0.2) is 0 Å². The van der Waals surface area contributed by atoms with Crippen molar-refractivity contribution in [2.24, 2.45) is 0 Å². The second-order valence-electron chi connectivity index (χ2n) is 21.2. The van der Waals surface area contributed by atoms with Gasteiger partial charge in [0.1, 0.15) is 0 Å². The predicted octanol–water partition coefficient (Wildman–Crippen LogP) is 21.2. The normalized spacial score (nSPS) is 12.6. The summed E-state index contributed by atoms with van der Waals surface area (Å²) in [4.78, 5) is 4.85. The third kappa shape index (κ3) is 7.25. The van der Waals surface area contributed by atoms with Gasteiger partial charge in [-0.3, -0.25) is 0 Å². The molecular weight excluding hydrogens is 929 g/mol. The Morgan fingerprint density at radius 2 is 0.688 bits per heavy atom. The van der Waals surface area contributed by atoms with Gasteiger partial charge in [-0.05, 0) is 188 Å². The second-order valence-corrected chi connectivity index (χ2v) is 21.2. The third-order valence-electron chi connectivity index (χ3n) is 16.5. The molecule has 0 aliphatic heterocycles. The van der Waals surface area contributed by atoms with E-state index in [2.05, 4.69) is 303 Å². The van der Waals surface area contributed by atoms with E-state index in [1.165, 1.54) is 109 Å². The van der Waals surface area contributed by atoms with Gasteiger partial charge in [-0.2, -0.15) is 0 Å². The van der Waals surface area contributed by atoms with Crippen molar-refractivity contribution in [3.05, 3.63) is 290 Å². The number of para-hydroxylation sites is 2. The third-order valence-corrected chi connectivity index (χ3v) is 16.5. The summed E-state index contributed by atoms with van der Waals surface area (Å²) in [5.74, 6) is 0. The Morgan fingerprint density at radius 3 is 1.29 bits per heavy atom. The fourth-order valence-corrected chi connectivity index (χ4v) is 12.9. The van der Waals surface area contributed by atoms with Gasteiger partial charge in [0, 0.05) is 39.5 Å². The van der Waals surface area contributed by atoms with Crippen molar-refractivity contribution >= 4 is 98.8 Å². The lowest BCUT2D eigenvalue weighted by atomic mass is 9.68. The van der Waals surface area contributed by atoms with Gasteiger partial charge in [0.15, 0.2) is 0 Å². The molecule has 0 saturated heterocycles. The Bertz CT molecular complexity index is 4670. The molecule has 0 unspecified atom stereocenters. The number of nitrogens with zero attached hydrogens (tertiary/aromatic N) is 2. The monoisotopic (exact) mass is 980 g/mol. The van der Waals surface area contributed by atoms with Crippen LogP contribution in [0.15, 0.2) is 279 Å². The highest BCUT2D eigenvalue weighted by molar-refractivity contribution is 6.26. The smallest absolute Gasteiger partial charge is 0.0468 e. The predicted molar refractivity (Wildman–Crippen MR) is 329 cm³/mol. The van der Waals surface area contributed by atoms with Crippen molar-refractivity contribution in [1.29, 1.82) is 0 Å². The molecule has 0 aromatic heterocycles. The van der Waals surface area contributed by atoms with E-state index >= 15 is 0 Å². The summed E-state index contributed by atoms with van der Waals surface area (Å²) in [6, 6.07) is 104. The van der Waals surface area contributed by atoms with Crippen LogP contribution in [0.25, 0.3) is 98.0 Å². The Kier molecular flexibility index (Phi) is 10.3. The molecule has 0 N–H and O–H groups in total. The molecule has 0 bridgehead atoms. The van der Waals surface area contributed by atoms with Crippen LogP contribution >= 0.6 is 0 Å². The van der Waals surface area contributed by atoms with Crippen LogP contribution in [0.2, 0.25) is 0 Å². The molecule has 2 nitrogen and oxygen atoms in total. The molecule has 0 radical (unpaired) electrons. The number of hydrogen-bond donors (Lipinski definition) is 0. The van der Waals surface area contributed by atoms with Gasteiger partial charge >= 0.3 is 0 Å². The van der Waals surface area contributed by atoms with Crippen molar-refractivity contribution in [3.63, 3.8) is 0 Å². The van der Waals surface area contributed by atoms with E-state index in [9.17, 15) is 0 Å². The molecule has 0 amide bonds. The molecule has 0 saturated carbocycles. The van der Waals surface area contributed by atoms with Gasteiger partial charge in [-0.25, -0.2) is 0 Å². The maximum Gasteiger partial charge on any atom is 0.0468 e. The molecule has 0 spiro atoms. The van der Waals surface area contributed by atoms with Crippen LogP contribution < -0.4 is 9.80 Å². The maximum atomic E-state index is 2.48. The van der Waals surface area contributed by atoms with Crippen LogP contribution in [0.1, 0.15) is 25.0 Å². The van der Waals surface area contributed by atoms with Crippen LogP contribution in [0.3, 0.4) is 0 Å². The molecular formula is C75H52N2. The zero-order valence-electron chi connectivity index (χ0n) is 43.0. The van der Waals surface area contributed by atoms with E-state index in [4.69, 9.17) is 0 Å². The van der Waals surface area contributed by atoms with Crippen molar-refractivity contribution in [1.82, 2.24) is 0 Å². The van der Waals surface area contributed by atoms with E-state index in [1.807, 2.05) is 0 Å². The summed E-state index contributed by atoms with van der Waals surface area (Å²) in [6.07, 6.45) is 0. The molecule has 1 aliphatic rings. The Morgan fingerprint density at radius 1 is 0.247 bits per heavy atom.